The summed E-state index contributed by atoms with van der Waals surface area (Å²) in [5.74, 6) is 0.642. The minimum Gasteiger partial charge on any atom is -0.466 e. The number of piperidine rings is 1. The Kier molecular flexibility index (Phi) is 6.82. The van der Waals surface area contributed by atoms with E-state index in [4.69, 9.17) is 14.5 Å². The molecule has 0 saturated carbocycles. The number of esters is 1. The molecule has 33 heavy (non-hydrogen) atoms. The molecule has 0 aliphatic carbocycles. The molecule has 2 aliphatic heterocycles. The second-order valence-electron chi connectivity index (χ2n) is 9.36. The fourth-order valence-electron chi connectivity index (χ4n) is 4.19. The van der Waals surface area contributed by atoms with Crippen LogP contribution in [0.1, 0.15) is 58.5 Å². The van der Waals surface area contributed by atoms with Crippen molar-refractivity contribution in [1.82, 2.24) is 14.9 Å². The molecule has 4 rings (SSSR count). The zero-order valence-electron chi connectivity index (χ0n) is 19.4. The fraction of sp³-hybridized carbons (Fsp3) is 0.542. The highest BCUT2D eigenvalue weighted by molar-refractivity contribution is 9.10. The van der Waals surface area contributed by atoms with Crippen LogP contribution in [-0.2, 0) is 25.4 Å². The Labute approximate surface area is 207 Å². The molecule has 1 aromatic heterocycles. The van der Waals surface area contributed by atoms with E-state index in [9.17, 15) is 9.59 Å². The van der Waals surface area contributed by atoms with E-state index in [1.54, 1.807) is 11.8 Å². The Morgan fingerprint density at radius 2 is 2.03 bits per heavy atom. The number of aromatic amines is 1. The molecule has 178 valence electrons. The standard InChI is InChI=1S/C24H30BrN3O4S/c1-5-31-18(29)12-11-17-19(15-7-9-16(25)10-8-15)27-20(26-17)24-13-6-14-28(21(24)33-24)22(30)32-23(2,3)4/h7-10,21H,5-6,11-14H2,1-4H3,(H,26,27)/t21?,24-/m0/s1. The van der Waals surface area contributed by atoms with E-state index >= 15 is 0 Å². The number of carbonyl (C=O) groups is 2. The summed E-state index contributed by atoms with van der Waals surface area (Å²) in [6.07, 6.45) is 2.34. The van der Waals surface area contributed by atoms with Crippen molar-refractivity contribution in [2.45, 2.75) is 69.1 Å². The van der Waals surface area contributed by atoms with E-state index in [0.717, 1.165) is 40.1 Å². The van der Waals surface area contributed by atoms with E-state index in [1.165, 1.54) is 0 Å². The molecule has 1 N–H and O–H groups in total. The Balaban J connectivity index is 1.61. The molecule has 0 radical (unpaired) electrons. The van der Waals surface area contributed by atoms with E-state index in [-0.39, 0.29) is 28.6 Å². The Morgan fingerprint density at radius 3 is 2.70 bits per heavy atom. The number of carbonyl (C=O) groups excluding carboxylic acids is 2. The molecule has 2 fully saturated rings. The predicted molar refractivity (Wildman–Crippen MR) is 132 cm³/mol. The molecular formula is C24H30BrN3O4S. The number of nitrogens with zero attached hydrogens (tertiary/aromatic N) is 2. The number of benzene rings is 1. The topological polar surface area (TPSA) is 84.5 Å². The molecule has 0 spiro atoms. The van der Waals surface area contributed by atoms with Gasteiger partial charge in [0.05, 0.1) is 18.7 Å². The predicted octanol–water partition coefficient (Wildman–Crippen LogP) is 5.63. The molecule has 2 atom stereocenters. The van der Waals surface area contributed by atoms with Crippen LogP contribution in [0.5, 0.6) is 0 Å². The molecule has 2 aliphatic rings. The largest absolute Gasteiger partial charge is 0.466 e. The second-order valence-corrected chi connectivity index (χ2v) is 11.7. The van der Waals surface area contributed by atoms with Crippen LogP contribution < -0.4 is 0 Å². The van der Waals surface area contributed by atoms with Crippen molar-refractivity contribution in [1.29, 1.82) is 0 Å². The summed E-state index contributed by atoms with van der Waals surface area (Å²) in [4.78, 5) is 35.2. The highest BCUT2D eigenvalue weighted by Crippen LogP contribution is 2.66. The van der Waals surface area contributed by atoms with Crippen LogP contribution >= 0.6 is 27.7 Å². The van der Waals surface area contributed by atoms with Gasteiger partial charge in [-0.1, -0.05) is 28.1 Å². The minimum absolute atomic E-state index is 0.00271. The molecule has 7 nitrogen and oxygen atoms in total. The number of amides is 1. The molecule has 3 heterocycles. The van der Waals surface area contributed by atoms with Crippen LogP contribution in [0.3, 0.4) is 0 Å². The van der Waals surface area contributed by atoms with Crippen molar-refractivity contribution >= 4 is 39.8 Å². The van der Waals surface area contributed by atoms with Crippen molar-refractivity contribution in [2.24, 2.45) is 0 Å². The molecule has 2 aromatic rings. The van der Waals surface area contributed by atoms with Gasteiger partial charge in [-0.05, 0) is 52.7 Å². The number of thioether (sulfide) groups is 1. The van der Waals surface area contributed by atoms with Crippen molar-refractivity contribution in [2.75, 3.05) is 13.2 Å². The Hall–Kier alpha value is -2.00. The van der Waals surface area contributed by atoms with Gasteiger partial charge in [-0.25, -0.2) is 9.78 Å². The van der Waals surface area contributed by atoms with Gasteiger partial charge < -0.3 is 14.5 Å². The van der Waals surface area contributed by atoms with Crippen molar-refractivity contribution in [3.63, 3.8) is 0 Å². The van der Waals surface area contributed by atoms with Crippen LogP contribution in [0.4, 0.5) is 4.79 Å². The molecular weight excluding hydrogens is 506 g/mol. The number of fused-ring (bicyclic) bond motifs is 1. The van der Waals surface area contributed by atoms with Gasteiger partial charge in [0, 0.05) is 28.7 Å². The minimum atomic E-state index is -0.531. The average Bonchev–Trinajstić information content (AvgIpc) is 3.35. The molecule has 9 heteroatoms. The number of rotatable bonds is 6. The maximum absolute atomic E-state index is 12.8. The van der Waals surface area contributed by atoms with Gasteiger partial charge in [0.25, 0.3) is 0 Å². The monoisotopic (exact) mass is 535 g/mol. The van der Waals surface area contributed by atoms with Crippen molar-refractivity contribution < 1.29 is 19.1 Å². The summed E-state index contributed by atoms with van der Waals surface area (Å²) < 4.78 is 11.5. The third-order valence-corrected chi connectivity index (χ3v) is 7.90. The summed E-state index contributed by atoms with van der Waals surface area (Å²) >= 11 is 5.23. The number of imidazole rings is 1. The normalized spacial score (nSPS) is 22.0. The Morgan fingerprint density at radius 1 is 1.30 bits per heavy atom. The third kappa shape index (κ3) is 5.24. The number of likely N-dealkylation sites (tertiary alicyclic amines) is 1. The smallest absolute Gasteiger partial charge is 0.411 e. The first kappa shape index (κ1) is 24.1. The van der Waals surface area contributed by atoms with Gasteiger partial charge in [-0.2, -0.15) is 0 Å². The maximum Gasteiger partial charge on any atom is 0.411 e. The SMILES string of the molecule is CCOC(=O)CCc1[nH]c([C@@]23CCCN(C(=O)OC(C)(C)C)C2S3)nc1-c1ccc(Br)cc1. The van der Waals surface area contributed by atoms with Crippen LogP contribution in [0.25, 0.3) is 11.3 Å². The number of aryl methyl sites for hydroxylation is 1. The molecule has 0 bridgehead atoms. The second kappa shape index (κ2) is 9.33. The molecule has 1 unspecified atom stereocenters. The highest BCUT2D eigenvalue weighted by Gasteiger charge is 2.65. The van der Waals surface area contributed by atoms with Crippen molar-refractivity contribution in [3.8, 4) is 11.3 Å². The lowest BCUT2D eigenvalue weighted by molar-refractivity contribution is -0.143. The number of hydrogen-bond donors (Lipinski definition) is 1. The van der Waals surface area contributed by atoms with Gasteiger partial charge in [-0.15, -0.1) is 11.8 Å². The summed E-state index contributed by atoms with van der Waals surface area (Å²) in [6, 6.07) is 8.00. The number of H-pyrrole nitrogens is 1. The van der Waals surface area contributed by atoms with E-state index < -0.39 is 5.60 Å². The third-order valence-electron chi connectivity index (χ3n) is 5.70. The fourth-order valence-corrected chi connectivity index (χ4v) is 5.93. The molecule has 2 saturated heterocycles. The van der Waals surface area contributed by atoms with Crippen molar-refractivity contribution in [3.05, 3.63) is 40.3 Å². The summed E-state index contributed by atoms with van der Waals surface area (Å²) in [5.41, 5.74) is 2.21. The number of ether oxygens (including phenoxy) is 2. The number of halogens is 1. The van der Waals surface area contributed by atoms with Crippen LogP contribution in [0.2, 0.25) is 0 Å². The lowest BCUT2D eigenvalue weighted by atomic mass is 9.97. The summed E-state index contributed by atoms with van der Waals surface area (Å²) in [5, 5.41) is 0.00271. The zero-order valence-corrected chi connectivity index (χ0v) is 21.8. The van der Waals surface area contributed by atoms with Gasteiger partial charge in [-0.3, -0.25) is 9.69 Å². The summed E-state index contributed by atoms with van der Waals surface area (Å²) in [7, 11) is 0. The molecule has 1 amide bonds. The van der Waals surface area contributed by atoms with Gasteiger partial charge in [0.2, 0.25) is 0 Å². The first-order valence-corrected chi connectivity index (χ1v) is 13.0. The first-order chi connectivity index (χ1) is 15.6. The Bertz CT molecular complexity index is 1030. The van der Waals surface area contributed by atoms with Crippen LogP contribution in [-0.4, -0.2) is 51.1 Å². The van der Waals surface area contributed by atoms with Gasteiger partial charge >= 0.3 is 12.1 Å². The highest BCUT2D eigenvalue weighted by atomic mass is 79.9. The van der Waals surface area contributed by atoms with Gasteiger partial charge in [0.15, 0.2) is 0 Å². The number of aromatic nitrogens is 2. The van der Waals surface area contributed by atoms with Crippen LogP contribution in [0.15, 0.2) is 28.7 Å². The summed E-state index contributed by atoms with van der Waals surface area (Å²) in [6.45, 7) is 8.51. The number of nitrogens with one attached hydrogen (secondary N) is 1. The first-order valence-electron chi connectivity index (χ1n) is 11.3. The van der Waals surface area contributed by atoms with Gasteiger partial charge in [0.1, 0.15) is 21.5 Å². The number of hydrogen-bond acceptors (Lipinski definition) is 6. The maximum atomic E-state index is 12.8. The van der Waals surface area contributed by atoms with E-state index in [1.807, 2.05) is 56.9 Å². The average molecular weight is 536 g/mol. The quantitative estimate of drug-likeness (QED) is 0.380. The van der Waals surface area contributed by atoms with E-state index in [2.05, 4.69) is 20.9 Å². The molecule has 1 aromatic carbocycles. The zero-order chi connectivity index (χ0) is 23.8. The van der Waals surface area contributed by atoms with Crippen LogP contribution in [0, 0.1) is 0 Å². The van der Waals surface area contributed by atoms with E-state index in [0.29, 0.717) is 19.6 Å². The lowest BCUT2D eigenvalue weighted by Gasteiger charge is -2.31. The lowest BCUT2D eigenvalue weighted by Crippen LogP contribution is -2.44.